The summed E-state index contributed by atoms with van der Waals surface area (Å²) in [5, 5.41) is 0.558. The first-order valence-electron chi connectivity index (χ1n) is 5.69. The molecule has 2 aromatic rings. The van der Waals surface area contributed by atoms with E-state index >= 15 is 0 Å². The molecule has 0 unspecified atom stereocenters. The first-order chi connectivity index (χ1) is 8.76. The highest BCUT2D eigenvalue weighted by molar-refractivity contribution is 6.32. The molecule has 1 heterocycles. The third-order valence-electron chi connectivity index (χ3n) is 2.47. The number of hydrogen-bond acceptors (Lipinski definition) is 4. The molecule has 18 heavy (non-hydrogen) atoms. The van der Waals surface area contributed by atoms with Crippen molar-refractivity contribution in [2.45, 2.75) is 13.5 Å². The predicted molar refractivity (Wildman–Crippen MR) is 71.5 cm³/mol. The maximum atomic E-state index is 6.15. The maximum Gasteiger partial charge on any atom is 0.137 e. The number of nitrogens with two attached hydrogens (primary N) is 1. The average Bonchev–Trinajstić information content (AvgIpc) is 2.41. The van der Waals surface area contributed by atoms with Crippen LogP contribution >= 0.6 is 11.6 Å². The Bertz CT molecular complexity index is 546. The normalized spacial score (nSPS) is 10.4. The van der Waals surface area contributed by atoms with Crippen LogP contribution in [-0.2, 0) is 6.54 Å². The molecule has 4 nitrogen and oxygen atoms in total. The van der Waals surface area contributed by atoms with Gasteiger partial charge in [-0.2, -0.15) is 0 Å². The summed E-state index contributed by atoms with van der Waals surface area (Å²) in [6.07, 6.45) is 3.26. The van der Waals surface area contributed by atoms with Gasteiger partial charge in [0.05, 0.1) is 23.0 Å². The van der Waals surface area contributed by atoms with Crippen LogP contribution in [0.4, 0.5) is 0 Å². The molecule has 0 aliphatic rings. The minimum atomic E-state index is 0.341. The molecule has 0 radical (unpaired) electrons. The summed E-state index contributed by atoms with van der Waals surface area (Å²) in [4.78, 5) is 8.49. The SMILES string of the molecule is CCOc1ccc(-c2nccnc2CN)cc1Cl. The topological polar surface area (TPSA) is 61.0 Å². The molecule has 2 N–H and O–H groups in total. The van der Waals surface area contributed by atoms with Crippen molar-refractivity contribution in [2.24, 2.45) is 5.73 Å². The van der Waals surface area contributed by atoms with Crippen LogP contribution in [0.5, 0.6) is 5.75 Å². The fourth-order valence-electron chi connectivity index (χ4n) is 1.68. The van der Waals surface area contributed by atoms with E-state index < -0.39 is 0 Å². The van der Waals surface area contributed by atoms with Gasteiger partial charge in [-0.15, -0.1) is 0 Å². The van der Waals surface area contributed by atoms with Gasteiger partial charge in [0.1, 0.15) is 5.75 Å². The van der Waals surface area contributed by atoms with Crippen LogP contribution < -0.4 is 10.5 Å². The molecular weight excluding hydrogens is 250 g/mol. The van der Waals surface area contributed by atoms with Crippen molar-refractivity contribution in [1.29, 1.82) is 0 Å². The van der Waals surface area contributed by atoms with Crippen molar-refractivity contribution in [1.82, 2.24) is 9.97 Å². The summed E-state index contributed by atoms with van der Waals surface area (Å²) in [5.74, 6) is 0.668. The van der Waals surface area contributed by atoms with Crippen molar-refractivity contribution >= 4 is 11.6 Å². The largest absolute Gasteiger partial charge is 0.492 e. The zero-order valence-corrected chi connectivity index (χ0v) is 10.8. The van der Waals surface area contributed by atoms with E-state index in [9.17, 15) is 0 Å². The average molecular weight is 264 g/mol. The lowest BCUT2D eigenvalue weighted by Gasteiger charge is -2.09. The Morgan fingerprint density at radius 2 is 2.06 bits per heavy atom. The minimum absolute atomic E-state index is 0.341. The number of ether oxygens (including phenoxy) is 1. The molecule has 0 fully saturated rings. The second kappa shape index (κ2) is 5.80. The summed E-state index contributed by atoms with van der Waals surface area (Å²) in [6, 6.07) is 5.55. The zero-order chi connectivity index (χ0) is 13.0. The van der Waals surface area contributed by atoms with Crippen LogP contribution in [0.3, 0.4) is 0 Å². The smallest absolute Gasteiger partial charge is 0.137 e. The van der Waals surface area contributed by atoms with E-state index in [4.69, 9.17) is 22.1 Å². The molecule has 0 amide bonds. The lowest BCUT2D eigenvalue weighted by atomic mass is 10.1. The minimum Gasteiger partial charge on any atom is -0.492 e. The molecule has 0 bridgehead atoms. The van der Waals surface area contributed by atoms with Gasteiger partial charge in [-0.25, -0.2) is 0 Å². The third kappa shape index (κ3) is 2.60. The highest BCUT2D eigenvalue weighted by Gasteiger charge is 2.09. The Balaban J connectivity index is 2.42. The van der Waals surface area contributed by atoms with Gasteiger partial charge in [0.25, 0.3) is 0 Å². The first-order valence-corrected chi connectivity index (χ1v) is 6.06. The Morgan fingerprint density at radius 1 is 1.28 bits per heavy atom. The van der Waals surface area contributed by atoms with Gasteiger partial charge >= 0.3 is 0 Å². The Labute approximate surface area is 111 Å². The summed E-state index contributed by atoms with van der Waals surface area (Å²) in [6.45, 7) is 2.84. The van der Waals surface area contributed by atoms with E-state index in [0.29, 0.717) is 23.9 Å². The summed E-state index contributed by atoms with van der Waals surface area (Å²) < 4.78 is 5.39. The van der Waals surface area contributed by atoms with Crippen molar-refractivity contribution in [2.75, 3.05) is 6.61 Å². The standard InChI is InChI=1S/C13H14ClN3O/c1-2-18-12-4-3-9(7-10(12)14)13-11(8-15)16-5-6-17-13/h3-7H,2,8,15H2,1H3. The second-order valence-electron chi connectivity index (χ2n) is 3.63. The Hall–Kier alpha value is -1.65. The third-order valence-corrected chi connectivity index (χ3v) is 2.77. The molecule has 1 aromatic carbocycles. The summed E-state index contributed by atoms with van der Waals surface area (Å²) in [7, 11) is 0. The van der Waals surface area contributed by atoms with E-state index in [0.717, 1.165) is 17.0 Å². The Morgan fingerprint density at radius 3 is 2.72 bits per heavy atom. The highest BCUT2D eigenvalue weighted by atomic mass is 35.5. The van der Waals surface area contributed by atoms with Gasteiger partial charge in [0, 0.05) is 24.5 Å². The molecule has 94 valence electrons. The predicted octanol–water partition coefficient (Wildman–Crippen LogP) is 2.65. The van der Waals surface area contributed by atoms with Crippen LogP contribution in [0, 0.1) is 0 Å². The van der Waals surface area contributed by atoms with Crippen LogP contribution in [-0.4, -0.2) is 16.6 Å². The quantitative estimate of drug-likeness (QED) is 0.921. The molecule has 0 saturated heterocycles. The van der Waals surface area contributed by atoms with Crippen LogP contribution in [0.1, 0.15) is 12.6 Å². The fraction of sp³-hybridized carbons (Fsp3) is 0.231. The van der Waals surface area contributed by atoms with Gasteiger partial charge in [-0.05, 0) is 25.1 Å². The molecule has 2 rings (SSSR count). The van der Waals surface area contributed by atoms with Crippen molar-refractivity contribution < 1.29 is 4.74 Å². The second-order valence-corrected chi connectivity index (χ2v) is 4.04. The molecule has 5 heteroatoms. The van der Waals surface area contributed by atoms with Crippen molar-refractivity contribution in [3.05, 3.63) is 41.3 Å². The number of hydrogen-bond donors (Lipinski definition) is 1. The number of rotatable bonds is 4. The zero-order valence-electron chi connectivity index (χ0n) is 10.1. The molecule has 0 atom stereocenters. The molecule has 0 saturated carbocycles. The first kappa shape index (κ1) is 12.8. The Kier molecular flexibility index (Phi) is 4.12. The van der Waals surface area contributed by atoms with Gasteiger partial charge in [-0.3, -0.25) is 9.97 Å². The van der Waals surface area contributed by atoms with Crippen molar-refractivity contribution in [3.63, 3.8) is 0 Å². The summed E-state index contributed by atoms with van der Waals surface area (Å²) >= 11 is 6.15. The van der Waals surface area contributed by atoms with Gasteiger partial charge in [0.15, 0.2) is 0 Å². The number of aromatic nitrogens is 2. The van der Waals surface area contributed by atoms with E-state index in [1.54, 1.807) is 12.4 Å². The molecule has 1 aromatic heterocycles. The van der Waals surface area contributed by atoms with E-state index in [2.05, 4.69) is 9.97 Å². The highest BCUT2D eigenvalue weighted by Crippen LogP contribution is 2.30. The van der Waals surface area contributed by atoms with E-state index in [-0.39, 0.29) is 0 Å². The van der Waals surface area contributed by atoms with Crippen molar-refractivity contribution in [3.8, 4) is 17.0 Å². The number of benzene rings is 1. The van der Waals surface area contributed by atoms with Crippen LogP contribution in [0.2, 0.25) is 5.02 Å². The number of halogens is 1. The fourth-order valence-corrected chi connectivity index (χ4v) is 1.91. The van der Waals surface area contributed by atoms with Gasteiger partial charge in [0.2, 0.25) is 0 Å². The molecule has 0 aliphatic heterocycles. The van der Waals surface area contributed by atoms with Gasteiger partial charge < -0.3 is 10.5 Å². The van der Waals surface area contributed by atoms with E-state index in [1.165, 1.54) is 0 Å². The lowest BCUT2D eigenvalue weighted by molar-refractivity contribution is 0.340. The maximum absolute atomic E-state index is 6.15. The molecule has 0 aliphatic carbocycles. The molecular formula is C13H14ClN3O. The summed E-state index contributed by atoms with van der Waals surface area (Å²) in [5.41, 5.74) is 8.03. The number of nitrogens with zero attached hydrogens (tertiary/aromatic N) is 2. The lowest BCUT2D eigenvalue weighted by Crippen LogP contribution is -2.03. The van der Waals surface area contributed by atoms with Crippen LogP contribution in [0.15, 0.2) is 30.6 Å². The van der Waals surface area contributed by atoms with E-state index in [1.807, 2.05) is 25.1 Å². The van der Waals surface area contributed by atoms with Gasteiger partial charge in [-0.1, -0.05) is 11.6 Å². The monoisotopic (exact) mass is 263 g/mol. The van der Waals surface area contributed by atoms with Crippen LogP contribution in [0.25, 0.3) is 11.3 Å². The molecule has 0 spiro atoms.